The van der Waals surface area contributed by atoms with Crippen LogP contribution in [0.4, 0.5) is 0 Å². The van der Waals surface area contributed by atoms with Crippen molar-refractivity contribution < 1.29 is 37.3 Å². The van der Waals surface area contributed by atoms with Crippen LogP contribution in [-0.4, -0.2) is 74.3 Å². The number of carbonyl (C=O) groups is 2. The number of nitrogens with zero attached hydrogens (tertiary/aromatic N) is 1. The predicted molar refractivity (Wildman–Crippen MR) is 333 cm³/mol. The maximum absolute atomic E-state index is 13.5. The zero-order chi connectivity index (χ0) is 56.4. The van der Waals surface area contributed by atoms with Gasteiger partial charge in [0.15, 0.2) is 0 Å². The molecule has 0 fully saturated rings. The quantitative estimate of drug-likeness (QED) is 0.0205. The average Bonchev–Trinajstić information content (AvgIpc) is 3.39. The van der Waals surface area contributed by atoms with Gasteiger partial charge in [-0.15, -0.1) is 0 Å². The van der Waals surface area contributed by atoms with Gasteiger partial charge in [-0.2, -0.15) is 0 Å². The minimum absolute atomic E-state index is 0.0445. The number of phosphoric ester groups is 1. The van der Waals surface area contributed by atoms with Crippen LogP contribution in [0, 0.1) is 0 Å². The van der Waals surface area contributed by atoms with Crippen molar-refractivity contribution in [1.82, 2.24) is 5.32 Å². The van der Waals surface area contributed by atoms with Gasteiger partial charge in [-0.3, -0.25) is 18.6 Å². The summed E-state index contributed by atoms with van der Waals surface area (Å²) in [6.45, 7) is 7.06. The molecule has 0 saturated heterocycles. The van der Waals surface area contributed by atoms with E-state index in [-0.39, 0.29) is 25.1 Å². The van der Waals surface area contributed by atoms with E-state index in [1.807, 2.05) is 33.3 Å². The Morgan fingerprint density at radius 2 is 0.753 bits per heavy atom. The Labute approximate surface area is 479 Å². The van der Waals surface area contributed by atoms with Gasteiger partial charge in [0, 0.05) is 12.8 Å². The second-order valence-corrected chi connectivity index (χ2v) is 25.8. The average molecular weight is 1110 g/mol. The molecule has 10 heteroatoms. The van der Waals surface area contributed by atoms with E-state index in [4.69, 9.17) is 13.8 Å². The van der Waals surface area contributed by atoms with Crippen LogP contribution in [0.15, 0.2) is 24.3 Å². The Morgan fingerprint density at radius 1 is 0.442 bits per heavy atom. The van der Waals surface area contributed by atoms with Crippen LogP contribution in [0.2, 0.25) is 0 Å². The lowest BCUT2D eigenvalue weighted by atomic mass is 10.0. The monoisotopic (exact) mass is 1110 g/mol. The van der Waals surface area contributed by atoms with Crippen molar-refractivity contribution in [3.05, 3.63) is 24.3 Å². The predicted octanol–water partition coefficient (Wildman–Crippen LogP) is 20.9. The molecule has 0 bridgehead atoms. The van der Waals surface area contributed by atoms with Crippen molar-refractivity contribution in [2.75, 3.05) is 40.9 Å². The lowest BCUT2D eigenvalue weighted by Crippen LogP contribution is -2.47. The van der Waals surface area contributed by atoms with Gasteiger partial charge >= 0.3 is 13.8 Å². The summed E-state index contributed by atoms with van der Waals surface area (Å²) in [5.41, 5.74) is 0. The number of likely N-dealkylation sites (N-methyl/N-ethyl adjacent to an activating group) is 1. The highest BCUT2D eigenvalue weighted by Gasteiger charge is 2.30. The number of quaternary nitrogens is 1. The molecular weight excluding hydrogens is 976 g/mol. The van der Waals surface area contributed by atoms with Gasteiger partial charge in [0.2, 0.25) is 5.91 Å². The number of unbranched alkanes of at least 4 members (excludes halogenated alkanes) is 44. The highest BCUT2D eigenvalue weighted by atomic mass is 31.2. The molecule has 0 aromatic rings. The van der Waals surface area contributed by atoms with Crippen molar-refractivity contribution in [3.8, 4) is 0 Å². The Hall–Kier alpha value is -1.51. The normalized spacial score (nSPS) is 13.7. The number of amides is 1. The molecule has 0 heterocycles. The minimum atomic E-state index is -4.44. The molecule has 0 radical (unpaired) electrons. The molecule has 456 valence electrons. The number of esters is 1. The molecule has 0 spiro atoms. The molecule has 0 rings (SSSR count). The van der Waals surface area contributed by atoms with Crippen LogP contribution in [0.5, 0.6) is 0 Å². The zero-order valence-corrected chi connectivity index (χ0v) is 53.1. The van der Waals surface area contributed by atoms with Crippen LogP contribution < -0.4 is 5.32 Å². The van der Waals surface area contributed by atoms with Gasteiger partial charge in [-0.25, -0.2) is 4.57 Å². The summed E-state index contributed by atoms with van der Waals surface area (Å²) >= 11 is 0. The second kappa shape index (κ2) is 57.7. The molecular formula is C67H132N2O7P+. The Balaban J connectivity index is 5.03. The summed E-state index contributed by atoms with van der Waals surface area (Å²) in [7, 11) is 1.52. The van der Waals surface area contributed by atoms with Gasteiger partial charge in [-0.05, 0) is 57.4 Å². The molecule has 0 saturated carbocycles. The Morgan fingerprint density at radius 3 is 1.10 bits per heavy atom. The van der Waals surface area contributed by atoms with E-state index in [1.165, 1.54) is 250 Å². The Bertz CT molecular complexity index is 1370. The van der Waals surface area contributed by atoms with Gasteiger partial charge < -0.3 is 19.4 Å². The van der Waals surface area contributed by atoms with E-state index in [0.717, 1.165) is 57.8 Å². The van der Waals surface area contributed by atoms with Gasteiger partial charge in [-0.1, -0.05) is 296 Å². The minimum Gasteiger partial charge on any atom is -0.456 e. The molecule has 0 aliphatic carbocycles. The maximum Gasteiger partial charge on any atom is 0.472 e. The van der Waals surface area contributed by atoms with E-state index < -0.39 is 20.0 Å². The molecule has 0 aliphatic heterocycles. The fourth-order valence-electron chi connectivity index (χ4n) is 10.2. The maximum atomic E-state index is 13.5. The zero-order valence-electron chi connectivity index (χ0n) is 52.2. The number of rotatable bonds is 62. The van der Waals surface area contributed by atoms with Gasteiger partial charge in [0.05, 0.1) is 33.8 Å². The number of hydrogen-bond donors (Lipinski definition) is 2. The van der Waals surface area contributed by atoms with E-state index in [2.05, 4.69) is 38.2 Å². The number of ether oxygens (including phenoxy) is 1. The molecule has 2 N–H and O–H groups in total. The third-order valence-electron chi connectivity index (χ3n) is 15.4. The summed E-state index contributed by atoms with van der Waals surface area (Å²) in [6, 6.07) is -0.841. The molecule has 9 nitrogen and oxygen atoms in total. The third kappa shape index (κ3) is 58.9. The Kier molecular flexibility index (Phi) is 56.6. The topological polar surface area (TPSA) is 111 Å². The van der Waals surface area contributed by atoms with Crippen molar-refractivity contribution >= 4 is 19.7 Å². The summed E-state index contributed by atoms with van der Waals surface area (Å²) < 4.78 is 30.8. The fraction of sp³-hybridized carbons (Fsp3) is 0.910. The summed E-state index contributed by atoms with van der Waals surface area (Å²) in [4.78, 5) is 37.8. The molecule has 0 aliphatic rings. The van der Waals surface area contributed by atoms with Gasteiger partial charge in [0.1, 0.15) is 19.3 Å². The largest absolute Gasteiger partial charge is 0.472 e. The first-order valence-corrected chi connectivity index (χ1v) is 35.2. The van der Waals surface area contributed by atoms with E-state index in [1.54, 1.807) is 0 Å². The van der Waals surface area contributed by atoms with Crippen molar-refractivity contribution in [3.63, 3.8) is 0 Å². The summed E-state index contributed by atoms with van der Waals surface area (Å²) in [5, 5.41) is 3.07. The second-order valence-electron chi connectivity index (χ2n) is 24.4. The smallest absolute Gasteiger partial charge is 0.456 e. The lowest BCUT2D eigenvalue weighted by molar-refractivity contribution is -0.870. The molecule has 0 aromatic heterocycles. The molecule has 3 unspecified atom stereocenters. The first-order chi connectivity index (χ1) is 37.4. The molecule has 77 heavy (non-hydrogen) atoms. The highest BCUT2D eigenvalue weighted by molar-refractivity contribution is 7.47. The molecule has 1 amide bonds. The van der Waals surface area contributed by atoms with E-state index >= 15 is 0 Å². The SMILES string of the molecule is CCCCCCCC/C=C/CCCCCCCCCCCCCCCCCC(=O)OC(/C=C\CCCCCCCCCCCC)C(COP(=O)(O)OCC[N+](C)(C)C)NC(=O)CCCCCCCCCCCCCCCC. The first-order valence-electron chi connectivity index (χ1n) is 33.7. The first kappa shape index (κ1) is 75.5. The lowest BCUT2D eigenvalue weighted by Gasteiger charge is -2.27. The van der Waals surface area contributed by atoms with Crippen LogP contribution in [0.1, 0.15) is 342 Å². The number of phosphoric acid groups is 1. The summed E-state index contributed by atoms with van der Waals surface area (Å²) in [6.07, 6.45) is 69.0. The standard InChI is InChI=1S/C67H131N2O7P/c1-7-10-13-16-19-22-25-28-30-31-32-33-34-35-36-37-38-39-40-42-45-48-51-54-57-60-67(71)76-65(58-55-52-49-46-43-27-24-21-18-15-12-9-3)64(63-75-77(72,73)74-62-61-69(4,5)6)68-66(70)59-56-53-50-47-44-41-29-26-23-20-17-14-11-8-2/h28,30,55,58,64-65H,7-27,29,31-54,56-57,59-63H2,1-6H3,(H-,68,70,72,73)/p+1/b30-28+,58-55-. The van der Waals surface area contributed by atoms with E-state index in [0.29, 0.717) is 23.9 Å². The highest BCUT2D eigenvalue weighted by Crippen LogP contribution is 2.43. The number of allylic oxidation sites excluding steroid dienone is 3. The van der Waals surface area contributed by atoms with Crippen molar-refractivity contribution in [2.24, 2.45) is 0 Å². The molecule has 0 aromatic carbocycles. The fourth-order valence-corrected chi connectivity index (χ4v) is 10.9. The number of hydrogen-bond acceptors (Lipinski definition) is 6. The van der Waals surface area contributed by atoms with Crippen molar-refractivity contribution in [1.29, 1.82) is 0 Å². The van der Waals surface area contributed by atoms with Crippen LogP contribution in [0.25, 0.3) is 0 Å². The van der Waals surface area contributed by atoms with Gasteiger partial charge in [0.25, 0.3) is 0 Å². The number of nitrogens with one attached hydrogen (secondary N) is 1. The van der Waals surface area contributed by atoms with Crippen LogP contribution >= 0.6 is 7.82 Å². The number of carbonyl (C=O) groups excluding carboxylic acids is 2. The van der Waals surface area contributed by atoms with Crippen LogP contribution in [-0.2, 0) is 27.9 Å². The summed E-state index contributed by atoms with van der Waals surface area (Å²) in [5.74, 6) is -0.485. The third-order valence-corrected chi connectivity index (χ3v) is 16.4. The van der Waals surface area contributed by atoms with Crippen LogP contribution in [0.3, 0.4) is 0 Å². The molecule has 3 atom stereocenters. The van der Waals surface area contributed by atoms with Crippen molar-refractivity contribution in [2.45, 2.75) is 354 Å². The van der Waals surface area contributed by atoms with E-state index in [9.17, 15) is 19.0 Å².